The number of nitrogens with zero attached hydrogens (tertiary/aromatic N) is 1. The van der Waals surface area contributed by atoms with Gasteiger partial charge in [0, 0.05) is 35.3 Å². The maximum Gasteiger partial charge on any atom is 0.352 e. The van der Waals surface area contributed by atoms with Crippen molar-refractivity contribution in [1.29, 1.82) is 0 Å². The van der Waals surface area contributed by atoms with E-state index in [4.69, 9.17) is 5.11 Å². The number of allylic oxidation sites excluding steroid dienone is 1. The van der Waals surface area contributed by atoms with Gasteiger partial charge in [-0.1, -0.05) is 12.7 Å². The topological polar surface area (TPSA) is 57.6 Å². The summed E-state index contributed by atoms with van der Waals surface area (Å²) in [4.78, 5) is 23.5. The SMILES string of the molecule is C=CC1=C(C(=O)O)N2C(=O)CC2SC1.[Na]. The molecule has 0 spiro atoms. The first-order chi connectivity index (χ1) is 6.65. The molecular weight excluding hydrogens is 225 g/mol. The monoisotopic (exact) mass is 234 g/mol. The van der Waals surface area contributed by atoms with Crippen molar-refractivity contribution in [2.45, 2.75) is 11.8 Å². The van der Waals surface area contributed by atoms with Gasteiger partial charge in [-0.3, -0.25) is 9.69 Å². The Kier molecular flexibility index (Phi) is 4.06. The number of hydrogen-bond donors (Lipinski definition) is 1. The largest absolute Gasteiger partial charge is 0.477 e. The van der Waals surface area contributed by atoms with Gasteiger partial charge in [-0.25, -0.2) is 4.79 Å². The molecule has 75 valence electrons. The van der Waals surface area contributed by atoms with Crippen molar-refractivity contribution >= 4 is 53.2 Å². The molecule has 0 aromatic heterocycles. The summed E-state index contributed by atoms with van der Waals surface area (Å²) >= 11 is 1.58. The Balaban J connectivity index is 0.00000112. The number of fused-ring (bicyclic) bond motifs is 1. The van der Waals surface area contributed by atoms with E-state index in [-0.39, 0.29) is 46.5 Å². The van der Waals surface area contributed by atoms with Gasteiger partial charge in [0.15, 0.2) is 0 Å². The second kappa shape index (κ2) is 4.74. The van der Waals surface area contributed by atoms with Crippen LogP contribution in [0.5, 0.6) is 0 Å². The van der Waals surface area contributed by atoms with Crippen LogP contribution < -0.4 is 0 Å². The van der Waals surface area contributed by atoms with Gasteiger partial charge in [0.2, 0.25) is 5.91 Å². The summed E-state index contributed by atoms with van der Waals surface area (Å²) in [5, 5.41) is 9.00. The number of carbonyl (C=O) groups excluding carboxylic acids is 1. The van der Waals surface area contributed by atoms with Gasteiger partial charge < -0.3 is 5.11 Å². The third kappa shape index (κ3) is 2.01. The fraction of sp³-hybridized carbons (Fsp3) is 0.333. The van der Waals surface area contributed by atoms with E-state index in [9.17, 15) is 9.59 Å². The second-order valence-corrected chi connectivity index (χ2v) is 4.28. The molecule has 2 aliphatic heterocycles. The van der Waals surface area contributed by atoms with Crippen molar-refractivity contribution in [2.24, 2.45) is 0 Å². The minimum atomic E-state index is -1.04. The standard InChI is InChI=1S/C9H9NO3S.Na/c1-2-5-4-14-7-3-6(11)10(7)8(5)9(12)13;/h2,7H,1,3-4H2,(H,12,13);. The van der Waals surface area contributed by atoms with E-state index in [1.54, 1.807) is 11.8 Å². The van der Waals surface area contributed by atoms with Crippen molar-refractivity contribution in [2.75, 3.05) is 5.75 Å². The van der Waals surface area contributed by atoms with Crippen molar-refractivity contribution < 1.29 is 14.7 Å². The van der Waals surface area contributed by atoms with Crippen LogP contribution in [0.4, 0.5) is 0 Å². The fourth-order valence-corrected chi connectivity index (χ4v) is 2.85. The summed E-state index contributed by atoms with van der Waals surface area (Å²) in [6, 6.07) is 0. The zero-order valence-corrected chi connectivity index (χ0v) is 11.2. The van der Waals surface area contributed by atoms with E-state index < -0.39 is 5.97 Å². The van der Waals surface area contributed by atoms with Gasteiger partial charge in [-0.15, -0.1) is 11.8 Å². The van der Waals surface area contributed by atoms with Gasteiger partial charge in [-0.2, -0.15) is 0 Å². The quantitative estimate of drug-likeness (QED) is 0.556. The van der Waals surface area contributed by atoms with Gasteiger partial charge in [0.25, 0.3) is 0 Å². The van der Waals surface area contributed by atoms with Gasteiger partial charge in [0.1, 0.15) is 5.70 Å². The molecule has 1 saturated heterocycles. The molecule has 0 aromatic carbocycles. The van der Waals surface area contributed by atoms with Gasteiger partial charge in [-0.05, 0) is 5.57 Å². The van der Waals surface area contributed by atoms with Crippen LogP contribution in [0.2, 0.25) is 0 Å². The molecule has 1 N–H and O–H groups in total. The number of thioether (sulfide) groups is 1. The first-order valence-electron chi connectivity index (χ1n) is 4.17. The first-order valence-corrected chi connectivity index (χ1v) is 5.22. The van der Waals surface area contributed by atoms with E-state index >= 15 is 0 Å². The minimum absolute atomic E-state index is 0. The number of carboxylic acid groups (broad SMARTS) is 1. The minimum Gasteiger partial charge on any atom is -0.477 e. The number of carboxylic acids is 1. The Hall–Kier alpha value is -0.230. The number of carbonyl (C=O) groups is 2. The van der Waals surface area contributed by atoms with E-state index in [2.05, 4.69) is 6.58 Å². The molecule has 1 atom stereocenters. The molecule has 1 radical (unpaired) electrons. The van der Waals surface area contributed by atoms with E-state index in [1.807, 2.05) is 0 Å². The summed E-state index contributed by atoms with van der Waals surface area (Å²) in [6.45, 7) is 3.55. The molecule has 0 saturated carbocycles. The van der Waals surface area contributed by atoms with Gasteiger partial charge >= 0.3 is 5.97 Å². The number of hydrogen-bond acceptors (Lipinski definition) is 3. The smallest absolute Gasteiger partial charge is 0.352 e. The molecule has 2 rings (SSSR count). The fourth-order valence-electron chi connectivity index (χ4n) is 1.59. The van der Waals surface area contributed by atoms with Crippen LogP contribution in [0.15, 0.2) is 23.9 Å². The maximum absolute atomic E-state index is 11.2. The number of amides is 1. The number of aliphatic carboxylic acids is 1. The van der Waals surface area contributed by atoms with Crippen LogP contribution in [-0.4, -0.2) is 62.6 Å². The Bertz CT molecular complexity index is 366. The predicted molar refractivity (Wildman–Crippen MR) is 58.3 cm³/mol. The molecule has 1 amide bonds. The predicted octanol–water partition coefficient (Wildman–Crippen LogP) is 0.435. The summed E-state index contributed by atoms with van der Waals surface area (Å²) < 4.78 is 0. The summed E-state index contributed by atoms with van der Waals surface area (Å²) in [5.41, 5.74) is 0.742. The maximum atomic E-state index is 11.2. The Morgan fingerprint density at radius 1 is 1.67 bits per heavy atom. The zero-order chi connectivity index (χ0) is 10.3. The molecule has 6 heteroatoms. The number of β-lactam (4-membered cyclic amide) rings is 1. The molecular formula is C9H9NNaO3S. The van der Waals surface area contributed by atoms with Crippen LogP contribution in [0.25, 0.3) is 0 Å². The normalized spacial score (nSPS) is 23.9. The molecule has 0 aliphatic carbocycles. The van der Waals surface area contributed by atoms with E-state index in [0.717, 1.165) is 0 Å². The molecule has 2 aliphatic rings. The summed E-state index contributed by atoms with van der Waals surface area (Å²) in [5.74, 6) is -0.531. The Labute approximate surface area is 114 Å². The van der Waals surface area contributed by atoms with Crippen LogP contribution in [0, 0.1) is 0 Å². The molecule has 0 bridgehead atoms. The van der Waals surface area contributed by atoms with Crippen LogP contribution in [0.1, 0.15) is 6.42 Å². The Morgan fingerprint density at radius 2 is 2.33 bits per heavy atom. The van der Waals surface area contributed by atoms with Crippen LogP contribution >= 0.6 is 11.8 Å². The molecule has 4 nitrogen and oxygen atoms in total. The average molecular weight is 234 g/mol. The van der Waals surface area contributed by atoms with Crippen molar-refractivity contribution in [3.63, 3.8) is 0 Å². The van der Waals surface area contributed by atoms with E-state index in [0.29, 0.717) is 17.7 Å². The van der Waals surface area contributed by atoms with Crippen LogP contribution in [0.3, 0.4) is 0 Å². The van der Waals surface area contributed by atoms with E-state index in [1.165, 1.54) is 11.0 Å². The van der Waals surface area contributed by atoms with Gasteiger partial charge in [0.05, 0.1) is 11.8 Å². The molecule has 1 fully saturated rings. The Morgan fingerprint density at radius 3 is 2.80 bits per heavy atom. The molecule has 0 aromatic rings. The first kappa shape index (κ1) is 12.8. The molecule has 1 unspecified atom stereocenters. The van der Waals surface area contributed by atoms with Crippen molar-refractivity contribution in [3.8, 4) is 0 Å². The summed E-state index contributed by atoms with van der Waals surface area (Å²) in [6.07, 6.45) is 1.96. The average Bonchev–Trinajstić information content (AvgIpc) is 2.15. The third-order valence-electron chi connectivity index (χ3n) is 2.33. The molecule has 2 heterocycles. The summed E-state index contributed by atoms with van der Waals surface area (Å²) in [7, 11) is 0. The number of rotatable bonds is 2. The zero-order valence-electron chi connectivity index (χ0n) is 8.40. The van der Waals surface area contributed by atoms with Crippen LogP contribution in [-0.2, 0) is 9.59 Å². The third-order valence-corrected chi connectivity index (χ3v) is 3.57. The van der Waals surface area contributed by atoms with Crippen molar-refractivity contribution in [3.05, 3.63) is 23.9 Å². The van der Waals surface area contributed by atoms with Crippen molar-refractivity contribution in [1.82, 2.24) is 4.90 Å². The second-order valence-electron chi connectivity index (χ2n) is 3.12. The molecule has 15 heavy (non-hydrogen) atoms.